The van der Waals surface area contributed by atoms with Gasteiger partial charge in [-0.25, -0.2) is 0 Å². The van der Waals surface area contributed by atoms with E-state index in [9.17, 15) is 30.3 Å². The zero-order chi connectivity index (χ0) is 64.9. The molecule has 0 aromatic heterocycles. The molecule has 9 nitrogen and oxygen atoms in total. The van der Waals surface area contributed by atoms with Crippen LogP contribution in [0.4, 0.5) is 0 Å². The van der Waals surface area contributed by atoms with Gasteiger partial charge in [-0.3, -0.25) is 4.79 Å². The molecule has 0 aromatic carbocycles. The Kier molecular flexibility index (Phi) is 65.7. The third kappa shape index (κ3) is 56.9. The van der Waals surface area contributed by atoms with Crippen LogP contribution in [-0.4, -0.2) is 87.5 Å². The zero-order valence-corrected chi connectivity index (χ0v) is 58.9. The molecule has 1 aliphatic heterocycles. The maximum absolute atomic E-state index is 13.2. The largest absolute Gasteiger partial charge is 0.394 e. The summed E-state index contributed by atoms with van der Waals surface area (Å²) in [6.45, 7) is 3.71. The van der Waals surface area contributed by atoms with Gasteiger partial charge in [0.25, 0.3) is 0 Å². The Hall–Kier alpha value is -2.63. The van der Waals surface area contributed by atoms with Crippen molar-refractivity contribution in [3.05, 3.63) is 85.1 Å². The number of ether oxygens (including phenoxy) is 2. The number of hydrogen-bond acceptors (Lipinski definition) is 8. The number of unbranched alkanes of at least 4 members (excludes halogenated alkanes) is 46. The molecule has 90 heavy (non-hydrogen) atoms. The van der Waals surface area contributed by atoms with Gasteiger partial charge in [-0.15, -0.1) is 0 Å². The summed E-state index contributed by atoms with van der Waals surface area (Å²) >= 11 is 0. The van der Waals surface area contributed by atoms with Gasteiger partial charge in [0.2, 0.25) is 5.91 Å². The first-order chi connectivity index (χ1) is 44.3. The molecule has 1 saturated heterocycles. The fraction of sp³-hybridized carbons (Fsp3) is 0.815. The Labute approximate surface area is 556 Å². The minimum atomic E-state index is -1.57. The zero-order valence-electron chi connectivity index (χ0n) is 58.9. The van der Waals surface area contributed by atoms with E-state index in [1.165, 1.54) is 270 Å². The first kappa shape index (κ1) is 85.4. The molecule has 0 radical (unpaired) electrons. The smallest absolute Gasteiger partial charge is 0.220 e. The third-order valence-corrected chi connectivity index (χ3v) is 18.2. The molecule has 524 valence electrons. The van der Waals surface area contributed by atoms with Gasteiger partial charge in [0, 0.05) is 6.42 Å². The fourth-order valence-electron chi connectivity index (χ4n) is 12.2. The number of allylic oxidation sites excluding steroid dienone is 13. The van der Waals surface area contributed by atoms with E-state index in [1.807, 2.05) is 6.08 Å². The van der Waals surface area contributed by atoms with Gasteiger partial charge in [-0.2, -0.15) is 0 Å². The third-order valence-electron chi connectivity index (χ3n) is 18.2. The molecule has 0 aromatic rings. The summed E-state index contributed by atoms with van der Waals surface area (Å²) in [5.74, 6) is -0.171. The molecule has 1 aliphatic rings. The lowest BCUT2D eigenvalue weighted by molar-refractivity contribution is -0.302. The topological polar surface area (TPSA) is 149 Å². The predicted molar refractivity (Wildman–Crippen MR) is 387 cm³/mol. The Morgan fingerprint density at radius 3 is 1.02 bits per heavy atom. The second-order valence-electron chi connectivity index (χ2n) is 26.8. The molecule has 0 spiro atoms. The molecule has 1 amide bonds. The second kappa shape index (κ2) is 69.2. The van der Waals surface area contributed by atoms with E-state index in [4.69, 9.17) is 9.47 Å². The average Bonchev–Trinajstić information content (AvgIpc) is 2.75. The molecule has 7 unspecified atom stereocenters. The molecule has 1 rings (SSSR count). The maximum atomic E-state index is 13.2. The minimum absolute atomic E-state index is 0.171. The van der Waals surface area contributed by atoms with Crippen molar-refractivity contribution < 1.29 is 39.8 Å². The SMILES string of the molecule is CC/C=C\C/C=C\C/C=C\C/C=C\C/C=C\C/C=C\CCCCCCCCCCCCCCCCCCCCCCC(=O)NC(COC1OC(CO)C(O)C(O)C1O)C(O)/C=C/CCCCCCCCCCCCCCCCCCCCCCCCCCCC. The van der Waals surface area contributed by atoms with Gasteiger partial charge in [0.05, 0.1) is 25.4 Å². The van der Waals surface area contributed by atoms with E-state index in [2.05, 4.69) is 92.1 Å². The van der Waals surface area contributed by atoms with Crippen LogP contribution in [0.25, 0.3) is 0 Å². The molecular weight excluding hydrogens is 1110 g/mol. The van der Waals surface area contributed by atoms with Crippen molar-refractivity contribution in [3.8, 4) is 0 Å². The summed E-state index contributed by atoms with van der Waals surface area (Å²) in [6, 6.07) is -0.809. The first-order valence-electron chi connectivity index (χ1n) is 38.8. The van der Waals surface area contributed by atoms with Crippen molar-refractivity contribution in [2.45, 2.75) is 410 Å². The maximum Gasteiger partial charge on any atom is 0.220 e. The van der Waals surface area contributed by atoms with Crippen LogP contribution < -0.4 is 5.32 Å². The van der Waals surface area contributed by atoms with Crippen molar-refractivity contribution in [3.63, 3.8) is 0 Å². The second-order valence-corrected chi connectivity index (χ2v) is 26.8. The van der Waals surface area contributed by atoms with Crippen molar-refractivity contribution in [1.82, 2.24) is 5.32 Å². The first-order valence-corrected chi connectivity index (χ1v) is 38.8. The monoisotopic (exact) mass is 1260 g/mol. The average molecular weight is 1260 g/mol. The number of nitrogens with one attached hydrogen (secondary N) is 1. The summed E-state index contributed by atoms with van der Waals surface area (Å²) in [5, 5.41) is 54.9. The molecule has 6 N–H and O–H groups in total. The number of carbonyl (C=O) groups excluding carboxylic acids is 1. The summed E-state index contributed by atoms with van der Waals surface area (Å²) < 4.78 is 11.3. The van der Waals surface area contributed by atoms with E-state index in [0.717, 1.165) is 77.0 Å². The van der Waals surface area contributed by atoms with Gasteiger partial charge >= 0.3 is 0 Å². The fourth-order valence-corrected chi connectivity index (χ4v) is 12.2. The van der Waals surface area contributed by atoms with E-state index in [0.29, 0.717) is 6.42 Å². The lowest BCUT2D eigenvalue weighted by atomic mass is 9.99. The molecular formula is C81H147NO8. The van der Waals surface area contributed by atoms with Crippen LogP contribution >= 0.6 is 0 Å². The Bertz CT molecular complexity index is 1700. The van der Waals surface area contributed by atoms with Crippen LogP contribution in [0.3, 0.4) is 0 Å². The highest BCUT2D eigenvalue weighted by molar-refractivity contribution is 5.76. The molecule has 0 bridgehead atoms. The lowest BCUT2D eigenvalue weighted by Gasteiger charge is -2.40. The van der Waals surface area contributed by atoms with Crippen LogP contribution in [0.2, 0.25) is 0 Å². The summed E-state index contributed by atoms with van der Waals surface area (Å²) in [5.41, 5.74) is 0. The van der Waals surface area contributed by atoms with Gasteiger partial charge in [0.15, 0.2) is 6.29 Å². The number of aliphatic hydroxyl groups excluding tert-OH is 5. The number of carbonyl (C=O) groups is 1. The van der Waals surface area contributed by atoms with Crippen LogP contribution in [0.1, 0.15) is 367 Å². The molecule has 0 aliphatic carbocycles. The Morgan fingerprint density at radius 2 is 0.689 bits per heavy atom. The summed E-state index contributed by atoms with van der Waals surface area (Å²) in [7, 11) is 0. The van der Waals surface area contributed by atoms with E-state index in [1.54, 1.807) is 6.08 Å². The molecule has 0 saturated carbocycles. The molecule has 7 atom stereocenters. The molecule has 1 fully saturated rings. The highest BCUT2D eigenvalue weighted by atomic mass is 16.7. The quantitative estimate of drug-likeness (QED) is 0.0261. The van der Waals surface area contributed by atoms with E-state index < -0.39 is 49.5 Å². The minimum Gasteiger partial charge on any atom is -0.394 e. The Balaban J connectivity index is 2.08. The van der Waals surface area contributed by atoms with E-state index in [-0.39, 0.29) is 12.5 Å². The number of aliphatic hydroxyl groups is 5. The van der Waals surface area contributed by atoms with Crippen molar-refractivity contribution in [2.75, 3.05) is 13.2 Å². The summed E-state index contributed by atoms with van der Waals surface area (Å²) in [4.78, 5) is 13.2. The standard InChI is InChI=1S/C81H147NO8/c1-3-5-7-9-11-13-15-17-19-21-23-25-27-29-31-33-34-35-36-37-38-39-40-41-42-43-45-47-49-51-53-55-57-59-61-63-65-67-69-71-77(85)82-74(73-89-81-80(88)79(87)78(86)76(72-83)90-81)75(84)70-68-66-64-62-60-58-56-54-52-50-48-46-44-32-30-28-26-24-22-20-18-16-14-12-10-8-6-4-2/h5,7,11,13,17,19,23,25,29,31,34-35,68,70,74-76,78-81,83-84,86-88H,3-4,6,8-10,12,14-16,18,20-22,24,26-28,30,32-33,36-67,69,71-73H2,1-2H3,(H,82,85)/b7-5-,13-11-,19-17-,25-23-,31-29-,35-34-,70-68+. The van der Waals surface area contributed by atoms with Crippen LogP contribution in [0.15, 0.2) is 85.1 Å². The molecule has 1 heterocycles. The van der Waals surface area contributed by atoms with Gasteiger partial charge in [0.1, 0.15) is 24.4 Å². The Morgan fingerprint density at radius 1 is 0.389 bits per heavy atom. The highest BCUT2D eigenvalue weighted by Crippen LogP contribution is 2.24. The van der Waals surface area contributed by atoms with Crippen LogP contribution in [0.5, 0.6) is 0 Å². The van der Waals surface area contributed by atoms with Crippen molar-refractivity contribution in [1.29, 1.82) is 0 Å². The normalized spacial score (nSPS) is 18.2. The van der Waals surface area contributed by atoms with Crippen LogP contribution in [-0.2, 0) is 14.3 Å². The van der Waals surface area contributed by atoms with E-state index >= 15 is 0 Å². The highest BCUT2D eigenvalue weighted by Gasteiger charge is 2.44. The molecule has 9 heteroatoms. The van der Waals surface area contributed by atoms with Crippen molar-refractivity contribution >= 4 is 5.91 Å². The lowest BCUT2D eigenvalue weighted by Crippen LogP contribution is -2.60. The number of rotatable bonds is 68. The predicted octanol–water partition coefficient (Wildman–Crippen LogP) is 22.0. The number of hydrogen-bond donors (Lipinski definition) is 6. The van der Waals surface area contributed by atoms with Crippen LogP contribution in [0, 0.1) is 0 Å². The van der Waals surface area contributed by atoms with Gasteiger partial charge in [-0.05, 0) is 70.6 Å². The summed E-state index contributed by atoms with van der Waals surface area (Å²) in [6.07, 6.45) is 92.9. The van der Waals surface area contributed by atoms with Gasteiger partial charge < -0.3 is 40.3 Å². The van der Waals surface area contributed by atoms with Gasteiger partial charge in [-0.1, -0.05) is 375 Å². The number of amides is 1. The van der Waals surface area contributed by atoms with Crippen molar-refractivity contribution in [2.24, 2.45) is 0 Å².